The predicted octanol–water partition coefficient (Wildman–Crippen LogP) is 9.60. The van der Waals surface area contributed by atoms with Crippen molar-refractivity contribution in [1.82, 2.24) is 29.7 Å². The van der Waals surface area contributed by atoms with Crippen LogP contribution in [0.4, 0.5) is 4.39 Å². The van der Waals surface area contributed by atoms with E-state index in [1.165, 1.54) is 29.8 Å². The zero-order valence-corrected chi connectivity index (χ0v) is 40.2. The van der Waals surface area contributed by atoms with Crippen LogP contribution >= 0.6 is 34.5 Å². The highest BCUT2D eigenvalue weighted by atomic mass is 35.5. The maximum atomic E-state index is 14.4. The van der Waals surface area contributed by atoms with E-state index in [9.17, 15) is 19.1 Å². The van der Waals surface area contributed by atoms with Crippen LogP contribution in [0.5, 0.6) is 23.1 Å². The number of ether oxygens (including phenoxy) is 4. The zero-order valence-electron chi connectivity index (χ0n) is 37.9. The molecule has 69 heavy (non-hydrogen) atoms. The van der Waals surface area contributed by atoms with Gasteiger partial charge in [0.15, 0.2) is 11.6 Å². The second kappa shape index (κ2) is 20.7. The largest absolute Gasteiger partial charge is 0.490 e. The van der Waals surface area contributed by atoms with E-state index in [0.29, 0.717) is 90.2 Å². The summed E-state index contributed by atoms with van der Waals surface area (Å²) >= 11 is 16.0. The van der Waals surface area contributed by atoms with Crippen molar-refractivity contribution in [2.45, 2.75) is 51.9 Å². The van der Waals surface area contributed by atoms with Crippen LogP contribution in [0.2, 0.25) is 10.0 Å². The highest BCUT2D eigenvalue weighted by molar-refractivity contribution is 7.22. The Morgan fingerprint density at radius 1 is 0.884 bits per heavy atom. The maximum absolute atomic E-state index is 14.4. The highest BCUT2D eigenvalue weighted by Gasteiger charge is 2.32. The topological polar surface area (TPSA) is 170 Å². The minimum absolute atomic E-state index is 0.00730. The van der Waals surface area contributed by atoms with Gasteiger partial charge in [-0.3, -0.25) is 9.69 Å². The molecule has 2 atom stereocenters. The molecule has 356 valence electrons. The molecule has 1 unspecified atom stereocenters. The molecule has 2 N–H and O–H groups in total. The Kier molecular flexibility index (Phi) is 14.3. The van der Waals surface area contributed by atoms with E-state index >= 15 is 0 Å². The first-order chi connectivity index (χ1) is 33.3. The Hall–Kier alpha value is -6.43. The summed E-state index contributed by atoms with van der Waals surface area (Å²) in [6.07, 6.45) is 1.16. The van der Waals surface area contributed by atoms with Crippen molar-refractivity contribution in [3.05, 3.63) is 129 Å². The van der Waals surface area contributed by atoms with E-state index in [4.69, 9.17) is 52.2 Å². The number of fused-ring (bicyclic) bond motifs is 7. The number of aliphatic carboxylic acids is 2. The summed E-state index contributed by atoms with van der Waals surface area (Å²) in [6, 6.07) is 20.4. The molecule has 4 aromatic carbocycles. The fraction of sp³-hybridized carbons (Fsp3) is 0.294. The van der Waals surface area contributed by atoms with E-state index in [1.807, 2.05) is 38.1 Å². The van der Waals surface area contributed by atoms with Crippen molar-refractivity contribution in [3.63, 3.8) is 0 Å². The van der Waals surface area contributed by atoms with Crippen molar-refractivity contribution >= 4 is 56.7 Å². The van der Waals surface area contributed by atoms with Crippen LogP contribution in [0.1, 0.15) is 34.4 Å². The molecule has 6 heterocycles. The Morgan fingerprint density at radius 3 is 2.32 bits per heavy atom. The molecule has 1 saturated heterocycles. The average Bonchev–Trinajstić information content (AvgIpc) is 3.73. The normalized spacial score (nSPS) is 16.6. The predicted molar refractivity (Wildman–Crippen MR) is 262 cm³/mol. The molecule has 3 aliphatic rings. The molecule has 3 aromatic heterocycles. The van der Waals surface area contributed by atoms with Crippen LogP contribution in [-0.4, -0.2) is 110 Å². The van der Waals surface area contributed by atoms with E-state index in [-0.39, 0.29) is 42.0 Å². The third kappa shape index (κ3) is 10.6. The van der Waals surface area contributed by atoms with Gasteiger partial charge in [-0.15, -0.1) is 11.3 Å². The van der Waals surface area contributed by atoms with Gasteiger partial charge < -0.3 is 34.1 Å². The van der Waals surface area contributed by atoms with Gasteiger partial charge in [-0.25, -0.2) is 29.1 Å². The van der Waals surface area contributed by atoms with Gasteiger partial charge in [-0.2, -0.15) is 0 Å². The first-order valence-corrected chi connectivity index (χ1v) is 23.9. The quantitative estimate of drug-likeness (QED) is 0.126. The van der Waals surface area contributed by atoms with Gasteiger partial charge in [0.1, 0.15) is 47.8 Å². The van der Waals surface area contributed by atoms with Crippen molar-refractivity contribution in [2.75, 3.05) is 46.4 Å². The van der Waals surface area contributed by atoms with Crippen LogP contribution in [-0.2, 0) is 29.0 Å². The number of rotatable bonds is 11. The molecular formula is C51H47Cl2FN6O8S. The molecule has 0 amide bonds. The number of likely N-dealkylation sites (N-methyl/N-ethyl adjacent to an activating group) is 1. The van der Waals surface area contributed by atoms with E-state index in [0.717, 1.165) is 37.3 Å². The Labute approximate surface area is 411 Å². The number of hydrogen-bond acceptors (Lipinski definition) is 13. The van der Waals surface area contributed by atoms with Crippen molar-refractivity contribution in [1.29, 1.82) is 0 Å². The fourth-order valence-electron chi connectivity index (χ4n) is 8.55. The van der Waals surface area contributed by atoms with Gasteiger partial charge in [0.25, 0.3) is 0 Å². The maximum Gasteiger partial charge on any atom is 0.345 e. The summed E-state index contributed by atoms with van der Waals surface area (Å²) < 4.78 is 40.6. The molecule has 4 bridgehead atoms. The number of hydrogen-bond donors (Lipinski definition) is 2. The van der Waals surface area contributed by atoms with E-state index in [2.05, 4.69) is 31.8 Å². The highest BCUT2D eigenvalue weighted by Crippen LogP contribution is 2.53. The van der Waals surface area contributed by atoms with Gasteiger partial charge in [0.2, 0.25) is 12.0 Å². The second-order valence-electron chi connectivity index (χ2n) is 17.1. The number of aryl methyl sites for hydroxylation is 1. The summed E-state index contributed by atoms with van der Waals surface area (Å²) in [5.41, 5.74) is 5.85. The minimum Gasteiger partial charge on any atom is -0.490 e. The lowest BCUT2D eigenvalue weighted by Gasteiger charge is -2.35. The molecule has 14 nitrogen and oxygen atoms in total. The average molecular weight is 994 g/mol. The zero-order chi connectivity index (χ0) is 48.3. The molecule has 0 radical (unpaired) electrons. The molecule has 7 aromatic rings. The van der Waals surface area contributed by atoms with Crippen molar-refractivity contribution in [3.8, 4) is 56.1 Å². The lowest BCUT2D eigenvalue weighted by molar-refractivity contribution is -0.145. The Bertz CT molecular complexity index is 3010. The number of halogens is 3. The van der Waals surface area contributed by atoms with E-state index < -0.39 is 30.0 Å². The summed E-state index contributed by atoms with van der Waals surface area (Å²) in [7, 11) is 2.09. The molecule has 0 saturated carbocycles. The molecule has 10 rings (SSSR count). The second-order valence-corrected chi connectivity index (χ2v) is 18.8. The fourth-order valence-corrected chi connectivity index (χ4v) is 10.2. The van der Waals surface area contributed by atoms with Crippen molar-refractivity contribution < 1.29 is 43.1 Å². The third-order valence-electron chi connectivity index (χ3n) is 12.3. The monoisotopic (exact) mass is 992 g/mol. The molecule has 18 heteroatoms. The number of carboxylic acid groups (broad SMARTS) is 2. The lowest BCUT2D eigenvalue weighted by Crippen LogP contribution is -2.49. The lowest BCUT2D eigenvalue weighted by atomic mass is 9.92. The Morgan fingerprint density at radius 2 is 1.61 bits per heavy atom. The molecule has 3 aliphatic heterocycles. The van der Waals surface area contributed by atoms with Gasteiger partial charge in [-0.05, 0) is 91.5 Å². The summed E-state index contributed by atoms with van der Waals surface area (Å²) in [5, 5.41) is 21.0. The summed E-state index contributed by atoms with van der Waals surface area (Å²) in [6.45, 7) is 7.74. The third-order valence-corrected chi connectivity index (χ3v) is 14.3. The van der Waals surface area contributed by atoms with Gasteiger partial charge in [0, 0.05) is 73.3 Å². The molecule has 1 fully saturated rings. The number of nitrogens with zero attached hydrogens (tertiary/aromatic N) is 6. The first-order valence-electron chi connectivity index (χ1n) is 22.3. The molecule has 0 spiro atoms. The Balaban J connectivity index is 1.12. The summed E-state index contributed by atoms with van der Waals surface area (Å²) in [5.74, 6) is -0.965. The number of thiophene rings is 1. The number of piperazine rings is 1. The van der Waals surface area contributed by atoms with E-state index in [1.54, 1.807) is 42.6 Å². The first kappa shape index (κ1) is 47.6. The number of benzene rings is 4. The van der Waals surface area contributed by atoms with Crippen LogP contribution in [0.3, 0.4) is 0 Å². The standard InChI is InChI=1S/C51H47Cl2FN6O8S/c1-28-41-29(2)45(53)46(44(28)52)67-37(24-60-20-18-59(3)19-21-60)26-65-36-13-14-38(66-25-35-16-17-55-48(58-35)32-7-4-30(5-8-32)6-15-40(61)62)33(22-36)23-39(51(63)64)68-49-43-42(41)47(69-50(43)57-27-56-49)31-9-11-34(54)12-10-31/h4-5,7-14,16-17,22,27,37,39H,6,15,18-21,23-26H2,1-3H3,(H,61,62)(H,63,64)/t37?,39-/m1/s1. The van der Waals surface area contributed by atoms with Crippen LogP contribution in [0.25, 0.3) is 43.2 Å². The number of carboxylic acids is 2. The number of carbonyl (C=O) groups is 2. The van der Waals surface area contributed by atoms with Crippen LogP contribution in [0, 0.1) is 19.7 Å². The minimum atomic E-state index is -1.49. The van der Waals surface area contributed by atoms with Crippen molar-refractivity contribution in [2.24, 2.45) is 0 Å². The van der Waals surface area contributed by atoms with Gasteiger partial charge >= 0.3 is 11.9 Å². The molecular weight excluding hydrogens is 947 g/mol. The summed E-state index contributed by atoms with van der Waals surface area (Å²) in [4.78, 5) is 48.5. The number of aromatic nitrogens is 4. The van der Waals surface area contributed by atoms with Crippen LogP contribution < -0.4 is 18.9 Å². The van der Waals surface area contributed by atoms with Gasteiger partial charge in [-0.1, -0.05) is 59.6 Å². The smallest absolute Gasteiger partial charge is 0.345 e. The molecule has 0 aliphatic carbocycles. The van der Waals surface area contributed by atoms with Crippen LogP contribution in [0.15, 0.2) is 85.3 Å². The van der Waals surface area contributed by atoms with Gasteiger partial charge in [0.05, 0.1) is 21.1 Å². The SMILES string of the molecule is Cc1c(Cl)c2c(Cl)c(C)c1-c1c(-c3ccc(F)cc3)sc3ncnc(c13)O[C@@H](C(=O)O)Cc1cc(ccc1OCc1ccnc(-c3ccc(CCC(=O)O)cc3)n1)OCC(CN1CCN(C)CC1)O2.